The maximum Gasteiger partial charge on any atom is 0.290 e. The smallest absolute Gasteiger partial charge is 0.290 e. The SMILES string of the molecule is Cc1cc(=O)n(C(=O)CN2C3CCC2CC(O)C3)o1. The fraction of sp³-hybridized carbons (Fsp3) is 0.692. The second-order valence-electron chi connectivity index (χ2n) is 5.56. The van der Waals surface area contributed by atoms with E-state index in [-0.39, 0.29) is 30.6 Å². The molecule has 1 aromatic rings. The van der Waals surface area contributed by atoms with E-state index in [2.05, 4.69) is 4.90 Å². The third-order valence-corrected chi connectivity index (χ3v) is 4.17. The van der Waals surface area contributed by atoms with Crippen molar-refractivity contribution >= 4 is 5.91 Å². The highest BCUT2D eigenvalue weighted by atomic mass is 16.5. The van der Waals surface area contributed by atoms with E-state index in [0.29, 0.717) is 5.76 Å². The molecule has 2 atom stereocenters. The topological polar surface area (TPSA) is 75.7 Å². The lowest BCUT2D eigenvalue weighted by atomic mass is 10.00. The van der Waals surface area contributed by atoms with Crippen LogP contribution in [-0.2, 0) is 0 Å². The minimum absolute atomic E-state index is 0.189. The number of aliphatic hydroxyl groups is 1. The zero-order chi connectivity index (χ0) is 13.6. The highest BCUT2D eigenvalue weighted by molar-refractivity contribution is 5.79. The molecule has 2 aliphatic heterocycles. The summed E-state index contributed by atoms with van der Waals surface area (Å²) in [7, 11) is 0. The van der Waals surface area contributed by atoms with E-state index in [4.69, 9.17) is 4.52 Å². The maximum atomic E-state index is 12.1. The Labute approximate surface area is 110 Å². The first-order valence-electron chi connectivity index (χ1n) is 6.71. The predicted molar refractivity (Wildman–Crippen MR) is 67.1 cm³/mol. The van der Waals surface area contributed by atoms with Gasteiger partial charge >= 0.3 is 0 Å². The average Bonchev–Trinajstić information content (AvgIpc) is 2.78. The van der Waals surface area contributed by atoms with Gasteiger partial charge in [0.15, 0.2) is 0 Å². The number of hydrogen-bond donors (Lipinski definition) is 1. The Kier molecular flexibility index (Phi) is 3.06. The summed E-state index contributed by atoms with van der Waals surface area (Å²) in [6.45, 7) is 1.83. The van der Waals surface area contributed by atoms with Gasteiger partial charge in [-0.1, -0.05) is 0 Å². The number of aliphatic hydroxyl groups excluding tert-OH is 1. The van der Waals surface area contributed by atoms with Gasteiger partial charge < -0.3 is 9.63 Å². The van der Waals surface area contributed by atoms with Crippen molar-refractivity contribution in [3.05, 3.63) is 22.2 Å². The van der Waals surface area contributed by atoms with Gasteiger partial charge in [-0.15, -0.1) is 4.74 Å². The fourth-order valence-electron chi connectivity index (χ4n) is 3.35. The van der Waals surface area contributed by atoms with Gasteiger partial charge in [0.05, 0.1) is 12.6 Å². The number of aryl methyl sites for hydroxylation is 1. The molecule has 19 heavy (non-hydrogen) atoms. The molecule has 1 N–H and O–H groups in total. The second-order valence-corrected chi connectivity index (χ2v) is 5.56. The van der Waals surface area contributed by atoms with Crippen molar-refractivity contribution in [2.75, 3.05) is 6.54 Å². The lowest BCUT2D eigenvalue weighted by molar-refractivity contribution is 0.0278. The van der Waals surface area contributed by atoms with E-state index in [9.17, 15) is 14.7 Å². The number of fused-ring (bicyclic) bond motifs is 2. The first-order chi connectivity index (χ1) is 9.04. The van der Waals surface area contributed by atoms with Crippen molar-refractivity contribution in [2.45, 2.75) is 50.8 Å². The Bertz CT molecular complexity index is 533. The maximum absolute atomic E-state index is 12.1. The first kappa shape index (κ1) is 12.6. The molecule has 6 nitrogen and oxygen atoms in total. The average molecular weight is 266 g/mol. The summed E-state index contributed by atoms with van der Waals surface area (Å²) >= 11 is 0. The van der Waals surface area contributed by atoms with Crippen LogP contribution < -0.4 is 5.56 Å². The molecule has 6 heteroatoms. The van der Waals surface area contributed by atoms with Crippen molar-refractivity contribution in [3.8, 4) is 0 Å². The third-order valence-electron chi connectivity index (χ3n) is 4.17. The second kappa shape index (κ2) is 4.61. The van der Waals surface area contributed by atoms with Crippen LogP contribution in [0.5, 0.6) is 0 Å². The van der Waals surface area contributed by atoms with E-state index >= 15 is 0 Å². The molecule has 0 amide bonds. The molecule has 0 spiro atoms. The minimum atomic E-state index is -0.410. The van der Waals surface area contributed by atoms with E-state index in [1.165, 1.54) is 6.07 Å². The van der Waals surface area contributed by atoms with Crippen LogP contribution in [0.3, 0.4) is 0 Å². The molecule has 0 saturated carbocycles. The van der Waals surface area contributed by atoms with Gasteiger partial charge in [0.25, 0.3) is 11.5 Å². The molecule has 0 radical (unpaired) electrons. The summed E-state index contributed by atoms with van der Waals surface area (Å²) in [5.41, 5.74) is -0.410. The zero-order valence-corrected chi connectivity index (χ0v) is 10.9. The Morgan fingerprint density at radius 2 is 2.05 bits per heavy atom. The van der Waals surface area contributed by atoms with Gasteiger partial charge in [0, 0.05) is 18.2 Å². The Balaban J connectivity index is 1.74. The van der Waals surface area contributed by atoms with Crippen molar-refractivity contribution in [1.82, 2.24) is 9.64 Å². The largest absolute Gasteiger partial charge is 0.393 e. The zero-order valence-electron chi connectivity index (χ0n) is 10.9. The molecule has 0 aliphatic carbocycles. The number of hydrogen-bond acceptors (Lipinski definition) is 5. The normalized spacial score (nSPS) is 30.7. The van der Waals surface area contributed by atoms with Gasteiger partial charge in [-0.2, -0.15) is 0 Å². The molecular formula is C13H18N2O4. The molecule has 2 fully saturated rings. The molecule has 3 rings (SSSR count). The first-order valence-corrected chi connectivity index (χ1v) is 6.71. The Morgan fingerprint density at radius 1 is 1.42 bits per heavy atom. The van der Waals surface area contributed by atoms with E-state index in [1.807, 2.05) is 0 Å². The van der Waals surface area contributed by atoms with Crippen LogP contribution in [-0.4, -0.2) is 45.4 Å². The number of carbonyl (C=O) groups excluding carboxylic acids is 1. The molecule has 2 unspecified atom stereocenters. The van der Waals surface area contributed by atoms with E-state index in [0.717, 1.165) is 30.4 Å². The molecule has 2 aliphatic rings. The summed E-state index contributed by atoms with van der Waals surface area (Å²) in [5, 5.41) is 9.72. The molecule has 2 bridgehead atoms. The number of aromatic nitrogens is 1. The van der Waals surface area contributed by atoms with Gasteiger partial charge in [0.1, 0.15) is 5.76 Å². The monoisotopic (exact) mass is 266 g/mol. The van der Waals surface area contributed by atoms with Crippen LogP contribution in [0.2, 0.25) is 0 Å². The fourth-order valence-corrected chi connectivity index (χ4v) is 3.35. The van der Waals surface area contributed by atoms with Crippen LogP contribution in [0.15, 0.2) is 15.4 Å². The van der Waals surface area contributed by atoms with Crippen molar-refractivity contribution in [3.63, 3.8) is 0 Å². The molecule has 1 aromatic heterocycles. The molecule has 2 saturated heterocycles. The van der Waals surface area contributed by atoms with Gasteiger partial charge in [-0.25, -0.2) is 0 Å². The number of rotatable bonds is 2. The molecule has 3 heterocycles. The number of piperidine rings is 1. The van der Waals surface area contributed by atoms with Gasteiger partial charge in [-0.3, -0.25) is 14.5 Å². The van der Waals surface area contributed by atoms with Crippen LogP contribution in [0.25, 0.3) is 0 Å². The van der Waals surface area contributed by atoms with Crippen LogP contribution in [0, 0.1) is 6.92 Å². The minimum Gasteiger partial charge on any atom is -0.393 e. The summed E-state index contributed by atoms with van der Waals surface area (Å²) in [6, 6.07) is 1.82. The van der Waals surface area contributed by atoms with E-state index < -0.39 is 5.56 Å². The van der Waals surface area contributed by atoms with Crippen molar-refractivity contribution < 1.29 is 14.4 Å². The van der Waals surface area contributed by atoms with Gasteiger partial charge in [-0.05, 0) is 32.6 Å². The molecular weight excluding hydrogens is 248 g/mol. The van der Waals surface area contributed by atoms with Crippen LogP contribution in [0.4, 0.5) is 0 Å². The van der Waals surface area contributed by atoms with Gasteiger partial charge in [0.2, 0.25) is 0 Å². The number of carbonyl (C=O) groups is 1. The van der Waals surface area contributed by atoms with E-state index in [1.54, 1.807) is 6.92 Å². The molecule has 104 valence electrons. The summed E-state index contributed by atoms with van der Waals surface area (Å²) in [4.78, 5) is 25.8. The Hall–Kier alpha value is -1.40. The Morgan fingerprint density at radius 3 is 2.58 bits per heavy atom. The predicted octanol–water partition coefficient (Wildman–Crippen LogP) is 0.378. The third kappa shape index (κ3) is 2.26. The number of nitrogens with zero attached hydrogens (tertiary/aromatic N) is 2. The summed E-state index contributed by atoms with van der Waals surface area (Å²) < 4.78 is 5.94. The lowest BCUT2D eigenvalue weighted by Crippen LogP contribution is -2.48. The highest BCUT2D eigenvalue weighted by Gasteiger charge is 2.41. The highest BCUT2D eigenvalue weighted by Crippen LogP contribution is 2.35. The van der Waals surface area contributed by atoms with Crippen molar-refractivity contribution in [1.29, 1.82) is 0 Å². The molecule has 0 aromatic carbocycles. The lowest BCUT2D eigenvalue weighted by Gasteiger charge is -2.36. The van der Waals surface area contributed by atoms with Crippen LogP contribution >= 0.6 is 0 Å². The summed E-state index contributed by atoms with van der Waals surface area (Å²) in [6.07, 6.45) is 3.21. The standard InChI is InChI=1S/C13H18N2O4/c1-8-4-12(17)15(19-8)13(18)7-14-9-2-3-10(14)6-11(16)5-9/h4,9-11,16H,2-3,5-7H2,1H3. The summed E-state index contributed by atoms with van der Waals surface area (Å²) in [5.74, 6) is 0.113. The van der Waals surface area contributed by atoms with Crippen LogP contribution in [0.1, 0.15) is 36.2 Å². The van der Waals surface area contributed by atoms with Crippen molar-refractivity contribution in [2.24, 2.45) is 0 Å². The quantitative estimate of drug-likeness (QED) is 0.837.